The molecule has 1 aromatic heterocycles. The fourth-order valence-corrected chi connectivity index (χ4v) is 3.64. The number of aliphatic imine (C=N–C) groups is 1. The van der Waals surface area contributed by atoms with Gasteiger partial charge in [0.25, 0.3) is 5.91 Å². The van der Waals surface area contributed by atoms with Crippen LogP contribution in [0.1, 0.15) is 40.0 Å². The number of nitrogens with one attached hydrogen (secondary N) is 2. The van der Waals surface area contributed by atoms with Crippen LogP contribution in [0.5, 0.6) is 0 Å². The number of hydrogen-bond donors (Lipinski definition) is 2. The summed E-state index contributed by atoms with van der Waals surface area (Å²) in [5.74, 6) is -0.172. The molecule has 0 bridgehead atoms. The van der Waals surface area contributed by atoms with E-state index in [9.17, 15) is 4.79 Å². The minimum Gasteiger partial charge on any atom is -0.383 e. The van der Waals surface area contributed by atoms with Crippen LogP contribution in [0, 0.1) is 13.8 Å². The van der Waals surface area contributed by atoms with E-state index in [0.717, 1.165) is 34.8 Å². The van der Waals surface area contributed by atoms with Gasteiger partial charge < -0.3 is 15.5 Å². The number of aryl methyl sites for hydroxylation is 2. The summed E-state index contributed by atoms with van der Waals surface area (Å²) in [5.41, 5.74) is 6.71. The molecule has 1 aliphatic rings. The second kappa shape index (κ2) is 10.6. The number of hydrogen-bond acceptors (Lipinski definition) is 5. The Kier molecular flexibility index (Phi) is 7.18. The van der Waals surface area contributed by atoms with Crippen molar-refractivity contribution in [2.45, 2.75) is 26.8 Å². The molecule has 6 heteroatoms. The highest BCUT2D eigenvalue weighted by Gasteiger charge is 2.12. The first-order valence-electron chi connectivity index (χ1n) is 11.3. The van der Waals surface area contributed by atoms with Gasteiger partial charge in [0, 0.05) is 48.4 Å². The van der Waals surface area contributed by atoms with Crippen molar-refractivity contribution in [1.29, 1.82) is 0 Å². The molecule has 2 N–H and O–H groups in total. The second-order valence-electron chi connectivity index (χ2n) is 8.43. The molecule has 4 rings (SSSR count). The molecular weight excluding hydrogens is 422 g/mol. The number of aromatic nitrogens is 1. The Morgan fingerprint density at radius 1 is 1.09 bits per heavy atom. The third kappa shape index (κ3) is 5.98. The summed E-state index contributed by atoms with van der Waals surface area (Å²) in [7, 11) is 0. The van der Waals surface area contributed by atoms with E-state index in [1.807, 2.05) is 49.5 Å². The Hall–Kier alpha value is -4.19. The number of carbonyl (C=O) groups is 1. The third-order valence-corrected chi connectivity index (χ3v) is 5.59. The quantitative estimate of drug-likeness (QED) is 0.494. The number of anilines is 2. The normalized spacial score (nSPS) is 15.1. The molecule has 6 nitrogen and oxygen atoms in total. The summed E-state index contributed by atoms with van der Waals surface area (Å²) in [6.45, 7) is 6.82. The standard InChI is InChI=1S/C28H29N5O/c1-20-7-9-27(10-8-20)33-14-11-26(19-33)31-13-12-30-22(3)23-5-4-6-25(16-23)32-28(34)24-15-21(2)17-29-18-24/h4-18,22,30H,19H2,1-3H3,(H,32,34). The van der Waals surface area contributed by atoms with Gasteiger partial charge >= 0.3 is 0 Å². The van der Waals surface area contributed by atoms with Crippen molar-refractivity contribution in [3.05, 3.63) is 114 Å². The minimum absolute atomic E-state index is 0.0529. The zero-order valence-electron chi connectivity index (χ0n) is 19.7. The average molecular weight is 452 g/mol. The molecule has 3 aromatic rings. The molecule has 0 saturated heterocycles. The predicted octanol–water partition coefficient (Wildman–Crippen LogP) is 5.55. The fourth-order valence-electron chi connectivity index (χ4n) is 3.64. The maximum Gasteiger partial charge on any atom is 0.257 e. The molecule has 1 amide bonds. The maximum atomic E-state index is 12.5. The van der Waals surface area contributed by atoms with Crippen LogP contribution in [0.15, 0.2) is 96.7 Å². The topological polar surface area (TPSA) is 69.6 Å². The second-order valence-corrected chi connectivity index (χ2v) is 8.43. The number of pyridine rings is 1. The van der Waals surface area contributed by atoms with Crippen molar-refractivity contribution >= 4 is 23.0 Å². The van der Waals surface area contributed by atoms with Gasteiger partial charge in [0.05, 0.1) is 17.8 Å². The molecule has 1 atom stereocenters. The number of nitrogens with zero attached hydrogens (tertiary/aromatic N) is 3. The van der Waals surface area contributed by atoms with E-state index in [1.54, 1.807) is 18.6 Å². The molecule has 2 heterocycles. The zero-order valence-corrected chi connectivity index (χ0v) is 19.7. The Bertz CT molecular complexity index is 1240. The fraction of sp³-hybridized carbons (Fsp3) is 0.179. The van der Waals surface area contributed by atoms with Gasteiger partial charge in [0.15, 0.2) is 0 Å². The highest BCUT2D eigenvalue weighted by Crippen LogP contribution is 2.20. The highest BCUT2D eigenvalue weighted by molar-refractivity contribution is 6.04. The average Bonchev–Trinajstić information content (AvgIpc) is 3.31. The largest absolute Gasteiger partial charge is 0.383 e. The van der Waals surface area contributed by atoms with Gasteiger partial charge in [-0.05, 0) is 68.3 Å². The third-order valence-electron chi connectivity index (χ3n) is 5.59. The van der Waals surface area contributed by atoms with Gasteiger partial charge in [-0.3, -0.25) is 14.8 Å². The van der Waals surface area contributed by atoms with Crippen LogP contribution in [0.4, 0.5) is 11.4 Å². The molecular formula is C28H29N5O. The van der Waals surface area contributed by atoms with Crippen LogP contribution in [-0.2, 0) is 0 Å². The Labute approximate surface area is 200 Å². The molecule has 1 aliphatic heterocycles. The lowest BCUT2D eigenvalue weighted by Gasteiger charge is -2.15. The van der Waals surface area contributed by atoms with Gasteiger partial charge in [0.2, 0.25) is 0 Å². The first-order valence-corrected chi connectivity index (χ1v) is 11.3. The molecule has 0 radical (unpaired) electrons. The SMILES string of the molecule is Cc1ccc(N2C=CC(=NC=CNC(C)c3cccc(NC(=O)c4cncc(C)c4)c3)C2)cc1. The lowest BCUT2D eigenvalue weighted by molar-refractivity contribution is 0.102. The van der Waals surface area contributed by atoms with Crippen LogP contribution in [0.3, 0.4) is 0 Å². The van der Waals surface area contributed by atoms with E-state index >= 15 is 0 Å². The van der Waals surface area contributed by atoms with E-state index in [-0.39, 0.29) is 11.9 Å². The van der Waals surface area contributed by atoms with Crippen molar-refractivity contribution in [2.75, 3.05) is 16.8 Å². The van der Waals surface area contributed by atoms with Gasteiger partial charge in [-0.25, -0.2) is 0 Å². The molecule has 172 valence electrons. The molecule has 1 unspecified atom stereocenters. The van der Waals surface area contributed by atoms with Crippen LogP contribution < -0.4 is 15.5 Å². The van der Waals surface area contributed by atoms with Gasteiger partial charge in [-0.1, -0.05) is 29.8 Å². The molecule has 0 saturated carbocycles. The van der Waals surface area contributed by atoms with Gasteiger partial charge in [0.1, 0.15) is 0 Å². The Morgan fingerprint density at radius 3 is 2.71 bits per heavy atom. The molecule has 2 aromatic carbocycles. The van der Waals surface area contributed by atoms with Crippen molar-refractivity contribution in [3.63, 3.8) is 0 Å². The highest BCUT2D eigenvalue weighted by atomic mass is 16.1. The van der Waals surface area contributed by atoms with E-state index < -0.39 is 0 Å². The number of rotatable bonds is 7. The predicted molar refractivity (Wildman–Crippen MR) is 139 cm³/mol. The van der Waals surface area contributed by atoms with Crippen molar-refractivity contribution in [2.24, 2.45) is 4.99 Å². The summed E-state index contributed by atoms with van der Waals surface area (Å²) in [4.78, 5) is 23.3. The zero-order chi connectivity index (χ0) is 23.9. The maximum absolute atomic E-state index is 12.5. The van der Waals surface area contributed by atoms with Gasteiger partial charge in [-0.2, -0.15) is 0 Å². The minimum atomic E-state index is -0.172. The monoisotopic (exact) mass is 451 g/mol. The molecule has 0 fully saturated rings. The summed E-state index contributed by atoms with van der Waals surface area (Å²) < 4.78 is 0. The van der Waals surface area contributed by atoms with Crippen LogP contribution in [0.25, 0.3) is 0 Å². The lowest BCUT2D eigenvalue weighted by Crippen LogP contribution is -2.17. The first kappa shape index (κ1) is 23.0. The van der Waals surface area contributed by atoms with Crippen LogP contribution in [-0.4, -0.2) is 23.1 Å². The summed E-state index contributed by atoms with van der Waals surface area (Å²) in [6.07, 6.45) is 11.0. The Balaban J connectivity index is 1.31. The molecule has 0 spiro atoms. The van der Waals surface area contributed by atoms with E-state index in [0.29, 0.717) is 5.56 Å². The van der Waals surface area contributed by atoms with Crippen LogP contribution >= 0.6 is 0 Å². The van der Waals surface area contributed by atoms with Gasteiger partial charge in [-0.15, -0.1) is 0 Å². The molecule has 34 heavy (non-hydrogen) atoms. The summed E-state index contributed by atoms with van der Waals surface area (Å²) in [6, 6.07) is 18.2. The molecule has 0 aliphatic carbocycles. The van der Waals surface area contributed by atoms with Crippen LogP contribution in [0.2, 0.25) is 0 Å². The lowest BCUT2D eigenvalue weighted by atomic mass is 10.1. The first-order chi connectivity index (χ1) is 16.5. The Morgan fingerprint density at radius 2 is 1.91 bits per heavy atom. The van der Waals surface area contributed by atoms with E-state index in [4.69, 9.17) is 0 Å². The van der Waals surface area contributed by atoms with Crippen molar-refractivity contribution in [3.8, 4) is 0 Å². The number of amides is 1. The summed E-state index contributed by atoms with van der Waals surface area (Å²) in [5, 5.41) is 6.29. The summed E-state index contributed by atoms with van der Waals surface area (Å²) >= 11 is 0. The van der Waals surface area contributed by atoms with Crippen molar-refractivity contribution in [1.82, 2.24) is 10.3 Å². The van der Waals surface area contributed by atoms with E-state index in [2.05, 4.69) is 69.8 Å². The smallest absolute Gasteiger partial charge is 0.257 e. The number of benzene rings is 2. The number of carbonyl (C=O) groups excluding carboxylic acids is 1. The van der Waals surface area contributed by atoms with E-state index in [1.165, 1.54) is 5.56 Å². The van der Waals surface area contributed by atoms with Crippen molar-refractivity contribution < 1.29 is 4.79 Å².